The van der Waals surface area contributed by atoms with Crippen LogP contribution in [0.15, 0.2) is 18.6 Å². The van der Waals surface area contributed by atoms with Crippen LogP contribution in [0.2, 0.25) is 0 Å². The highest BCUT2D eigenvalue weighted by molar-refractivity contribution is 7.11. The van der Waals surface area contributed by atoms with Gasteiger partial charge in [0, 0.05) is 55.8 Å². The summed E-state index contributed by atoms with van der Waals surface area (Å²) in [4.78, 5) is 22.1. The van der Waals surface area contributed by atoms with Crippen LogP contribution in [0, 0.1) is 0 Å². The summed E-state index contributed by atoms with van der Waals surface area (Å²) in [5, 5.41) is 5.81. The van der Waals surface area contributed by atoms with Crippen molar-refractivity contribution in [3.8, 4) is 0 Å². The van der Waals surface area contributed by atoms with Gasteiger partial charge in [0.15, 0.2) is 0 Å². The van der Waals surface area contributed by atoms with Crippen molar-refractivity contribution in [1.82, 2.24) is 19.7 Å². The molecule has 3 fully saturated rings. The highest BCUT2D eigenvalue weighted by Gasteiger charge is 2.31. The number of likely N-dealkylation sites (tertiary alicyclic amines) is 1. The van der Waals surface area contributed by atoms with Gasteiger partial charge in [-0.05, 0) is 19.3 Å². The first-order chi connectivity index (χ1) is 11.8. The Bertz CT molecular complexity index is 759. The van der Waals surface area contributed by atoms with Crippen LogP contribution in [0.1, 0.15) is 47.5 Å². The number of thiazole rings is 1. The lowest BCUT2D eigenvalue weighted by molar-refractivity contribution is -0.117. The largest absolute Gasteiger partial charge is 0.309 e. The Balaban J connectivity index is 1.17. The molecule has 0 radical (unpaired) electrons. The summed E-state index contributed by atoms with van der Waals surface area (Å²) < 4.78 is 2.03. The number of carbonyl (C=O) groups is 1. The molecule has 3 aliphatic rings. The Morgan fingerprint density at radius 3 is 2.88 bits per heavy atom. The van der Waals surface area contributed by atoms with Crippen LogP contribution in [-0.2, 0) is 11.3 Å². The van der Waals surface area contributed by atoms with Crippen LogP contribution in [-0.4, -0.2) is 45.2 Å². The second-order valence-corrected chi connectivity index (χ2v) is 8.26. The van der Waals surface area contributed by atoms with Crippen LogP contribution in [0.3, 0.4) is 0 Å². The second-order valence-electron chi connectivity index (χ2n) is 7.11. The zero-order chi connectivity index (χ0) is 16.1. The molecule has 0 unspecified atom stereocenters. The molecule has 1 aliphatic carbocycles. The van der Waals surface area contributed by atoms with Crippen molar-refractivity contribution in [2.45, 2.75) is 44.2 Å². The molecule has 2 aliphatic heterocycles. The van der Waals surface area contributed by atoms with Crippen molar-refractivity contribution in [1.29, 1.82) is 0 Å². The number of carbonyl (C=O) groups excluding carboxylic acids is 1. The van der Waals surface area contributed by atoms with Gasteiger partial charge in [-0.1, -0.05) is 0 Å². The smallest absolute Gasteiger partial charge is 0.227 e. The van der Waals surface area contributed by atoms with Gasteiger partial charge in [-0.2, -0.15) is 5.10 Å². The van der Waals surface area contributed by atoms with E-state index in [-0.39, 0.29) is 5.91 Å². The van der Waals surface area contributed by atoms with E-state index in [1.54, 1.807) is 0 Å². The van der Waals surface area contributed by atoms with Gasteiger partial charge in [0.25, 0.3) is 0 Å². The fourth-order valence-corrected chi connectivity index (χ4v) is 4.69. The van der Waals surface area contributed by atoms with Crippen molar-refractivity contribution in [2.24, 2.45) is 0 Å². The van der Waals surface area contributed by atoms with E-state index in [0.29, 0.717) is 12.5 Å². The standard InChI is InChI=1S/C17H21N5OS/c23-16-2-1-5-21(16)13-6-19-22(10-13)14-8-20(9-14)11-15-7-18-17(24-15)12-3-4-12/h6-7,10,12,14H,1-5,8-9,11H2. The molecule has 4 heterocycles. The van der Waals surface area contributed by atoms with E-state index < -0.39 is 0 Å². The number of amides is 1. The molecule has 1 saturated carbocycles. The molecule has 0 atom stereocenters. The summed E-state index contributed by atoms with van der Waals surface area (Å²) in [6.07, 6.45) is 10.2. The Morgan fingerprint density at radius 1 is 1.25 bits per heavy atom. The third kappa shape index (κ3) is 2.65. The monoisotopic (exact) mass is 343 g/mol. The first-order valence-corrected chi connectivity index (χ1v) is 9.59. The average Bonchev–Trinajstić information content (AvgIpc) is 2.95. The van der Waals surface area contributed by atoms with E-state index in [1.165, 1.54) is 22.7 Å². The van der Waals surface area contributed by atoms with Crippen LogP contribution < -0.4 is 4.90 Å². The fraction of sp³-hybridized carbons (Fsp3) is 0.588. The molecule has 5 rings (SSSR count). The predicted octanol–water partition coefficient (Wildman–Crippen LogP) is 2.40. The number of rotatable bonds is 5. The zero-order valence-corrected chi connectivity index (χ0v) is 14.4. The summed E-state index contributed by atoms with van der Waals surface area (Å²) in [5.41, 5.74) is 0.951. The second kappa shape index (κ2) is 5.67. The maximum Gasteiger partial charge on any atom is 0.227 e. The average molecular weight is 343 g/mol. The van der Waals surface area contributed by atoms with Crippen LogP contribution >= 0.6 is 11.3 Å². The van der Waals surface area contributed by atoms with Gasteiger partial charge in [0.1, 0.15) is 0 Å². The molecule has 0 bridgehead atoms. The van der Waals surface area contributed by atoms with Gasteiger partial charge in [-0.15, -0.1) is 11.3 Å². The highest BCUT2D eigenvalue weighted by atomic mass is 32.1. The lowest BCUT2D eigenvalue weighted by Gasteiger charge is -2.38. The van der Waals surface area contributed by atoms with Gasteiger partial charge in [0.05, 0.1) is 22.9 Å². The van der Waals surface area contributed by atoms with Gasteiger partial charge < -0.3 is 4.90 Å². The quantitative estimate of drug-likeness (QED) is 0.836. The van der Waals surface area contributed by atoms with Crippen LogP contribution in [0.4, 0.5) is 5.69 Å². The van der Waals surface area contributed by atoms with Gasteiger partial charge in [-0.25, -0.2) is 4.98 Å². The lowest BCUT2D eigenvalue weighted by atomic mass is 10.1. The van der Waals surface area contributed by atoms with Crippen molar-refractivity contribution >= 4 is 22.9 Å². The van der Waals surface area contributed by atoms with Crippen molar-refractivity contribution in [3.05, 3.63) is 28.5 Å². The molecule has 0 N–H and O–H groups in total. The molecule has 126 valence electrons. The maximum atomic E-state index is 11.8. The normalized spacial score (nSPS) is 22.3. The number of hydrogen-bond donors (Lipinski definition) is 0. The van der Waals surface area contributed by atoms with Crippen molar-refractivity contribution in [3.63, 3.8) is 0 Å². The molecule has 2 saturated heterocycles. The number of nitrogens with zero attached hydrogens (tertiary/aromatic N) is 5. The van der Waals surface area contributed by atoms with Crippen LogP contribution in [0.5, 0.6) is 0 Å². The minimum absolute atomic E-state index is 0.224. The molecule has 6 nitrogen and oxygen atoms in total. The summed E-state index contributed by atoms with van der Waals surface area (Å²) in [5.74, 6) is 0.977. The maximum absolute atomic E-state index is 11.8. The first-order valence-electron chi connectivity index (χ1n) is 8.78. The number of hydrogen-bond acceptors (Lipinski definition) is 5. The Hall–Kier alpha value is -1.73. The summed E-state index contributed by atoms with van der Waals surface area (Å²) in [7, 11) is 0. The van der Waals surface area contributed by atoms with E-state index in [9.17, 15) is 4.79 Å². The Labute approximate surface area is 145 Å². The fourth-order valence-electron chi connectivity index (χ4n) is 3.56. The Kier molecular flexibility index (Phi) is 3.45. The molecular formula is C17H21N5OS. The van der Waals surface area contributed by atoms with Gasteiger partial charge in [0.2, 0.25) is 5.91 Å². The highest BCUT2D eigenvalue weighted by Crippen LogP contribution is 2.42. The summed E-state index contributed by atoms with van der Waals surface area (Å²) >= 11 is 1.88. The van der Waals surface area contributed by atoms with E-state index in [2.05, 4.69) is 21.2 Å². The predicted molar refractivity (Wildman–Crippen MR) is 92.2 cm³/mol. The van der Waals surface area contributed by atoms with E-state index in [4.69, 9.17) is 0 Å². The SMILES string of the molecule is O=C1CCCN1c1cnn(C2CN(Cc3cnc(C4CC4)s3)C2)c1. The van der Waals surface area contributed by atoms with Gasteiger partial charge >= 0.3 is 0 Å². The summed E-state index contributed by atoms with van der Waals surface area (Å²) in [6.45, 7) is 3.87. The van der Waals surface area contributed by atoms with E-state index in [1.807, 2.05) is 33.3 Å². The summed E-state index contributed by atoms with van der Waals surface area (Å²) in [6, 6.07) is 0.423. The topological polar surface area (TPSA) is 54.3 Å². The van der Waals surface area contributed by atoms with E-state index >= 15 is 0 Å². The molecule has 0 spiro atoms. The van der Waals surface area contributed by atoms with E-state index in [0.717, 1.165) is 44.2 Å². The van der Waals surface area contributed by atoms with Gasteiger partial charge in [-0.3, -0.25) is 14.4 Å². The molecule has 24 heavy (non-hydrogen) atoms. The van der Waals surface area contributed by atoms with Crippen LogP contribution in [0.25, 0.3) is 0 Å². The third-order valence-electron chi connectivity index (χ3n) is 5.16. The first kappa shape index (κ1) is 14.6. The van der Waals surface area contributed by atoms with Crippen molar-refractivity contribution < 1.29 is 4.79 Å². The minimum atomic E-state index is 0.224. The lowest BCUT2D eigenvalue weighted by Crippen LogP contribution is -2.47. The molecule has 2 aromatic heterocycles. The molecule has 2 aromatic rings. The third-order valence-corrected chi connectivity index (χ3v) is 6.31. The number of anilines is 1. The number of aromatic nitrogens is 3. The zero-order valence-electron chi connectivity index (χ0n) is 13.6. The molecule has 0 aromatic carbocycles. The molecule has 1 amide bonds. The molecular weight excluding hydrogens is 322 g/mol. The van der Waals surface area contributed by atoms with Crippen molar-refractivity contribution in [2.75, 3.05) is 24.5 Å². The molecule has 7 heteroatoms. The minimum Gasteiger partial charge on any atom is -0.309 e. The Morgan fingerprint density at radius 2 is 2.12 bits per heavy atom.